The number of carbonyl (C=O) groups excluding carboxylic acids is 1. The Morgan fingerprint density at radius 3 is 3.08 bits per heavy atom. The highest BCUT2D eigenvalue weighted by Gasteiger charge is 2.17. The monoisotopic (exact) mass is 182 g/mol. The first-order chi connectivity index (χ1) is 6.24. The third-order valence-electron chi connectivity index (χ3n) is 2.18. The lowest BCUT2D eigenvalue weighted by Gasteiger charge is -2.31. The van der Waals surface area contributed by atoms with Crippen LogP contribution in [0.5, 0.6) is 0 Å². The van der Waals surface area contributed by atoms with Crippen LogP contribution in [0.15, 0.2) is 12.2 Å². The fourth-order valence-corrected chi connectivity index (χ4v) is 1.46. The summed E-state index contributed by atoms with van der Waals surface area (Å²) in [6.07, 6.45) is 4.51. The van der Waals surface area contributed by atoms with Crippen molar-refractivity contribution in [2.75, 3.05) is 19.6 Å². The number of nitrogens with zero attached hydrogens (tertiary/aromatic N) is 1. The zero-order valence-corrected chi connectivity index (χ0v) is 8.42. The third kappa shape index (κ3) is 3.19. The minimum absolute atomic E-state index is 0.148. The summed E-state index contributed by atoms with van der Waals surface area (Å²) >= 11 is 0. The lowest BCUT2D eigenvalue weighted by molar-refractivity contribution is -0.127. The van der Waals surface area contributed by atoms with E-state index in [4.69, 9.17) is 0 Å². The molecule has 13 heavy (non-hydrogen) atoms. The smallest absolute Gasteiger partial charge is 0.246 e. The highest BCUT2D eigenvalue weighted by atomic mass is 16.2. The Balaban J connectivity index is 2.41. The van der Waals surface area contributed by atoms with Gasteiger partial charge in [-0.05, 0) is 19.4 Å². The fraction of sp³-hybridized carbons (Fsp3) is 0.700. The Morgan fingerprint density at radius 1 is 1.69 bits per heavy atom. The van der Waals surface area contributed by atoms with Crippen LogP contribution in [-0.4, -0.2) is 36.5 Å². The maximum atomic E-state index is 11.5. The SMILES string of the molecule is CC/C=C/C(=O)N1CCN[C@H](C)C1. The molecule has 1 heterocycles. The molecule has 0 radical (unpaired) electrons. The van der Waals surface area contributed by atoms with Gasteiger partial charge in [-0.2, -0.15) is 0 Å². The molecule has 1 rings (SSSR count). The van der Waals surface area contributed by atoms with Crippen molar-refractivity contribution in [3.05, 3.63) is 12.2 Å². The van der Waals surface area contributed by atoms with Gasteiger partial charge in [0.15, 0.2) is 0 Å². The van der Waals surface area contributed by atoms with Crippen LogP contribution in [0, 0.1) is 0 Å². The summed E-state index contributed by atoms with van der Waals surface area (Å²) in [4.78, 5) is 13.4. The minimum Gasteiger partial charge on any atom is -0.336 e. The van der Waals surface area contributed by atoms with Crippen LogP contribution in [0.1, 0.15) is 20.3 Å². The quantitative estimate of drug-likeness (QED) is 0.640. The maximum Gasteiger partial charge on any atom is 0.246 e. The molecule has 1 aliphatic heterocycles. The molecule has 1 fully saturated rings. The van der Waals surface area contributed by atoms with Crippen LogP contribution in [0.25, 0.3) is 0 Å². The molecule has 0 saturated carbocycles. The summed E-state index contributed by atoms with van der Waals surface area (Å²) in [5.41, 5.74) is 0. The Kier molecular flexibility index (Phi) is 3.96. The van der Waals surface area contributed by atoms with E-state index in [0.29, 0.717) is 6.04 Å². The molecule has 1 saturated heterocycles. The molecule has 74 valence electrons. The van der Waals surface area contributed by atoms with E-state index in [9.17, 15) is 4.79 Å². The van der Waals surface area contributed by atoms with Crippen molar-refractivity contribution >= 4 is 5.91 Å². The minimum atomic E-state index is 0.148. The Hall–Kier alpha value is -0.830. The van der Waals surface area contributed by atoms with Crippen molar-refractivity contribution in [1.29, 1.82) is 0 Å². The van der Waals surface area contributed by atoms with E-state index in [1.54, 1.807) is 6.08 Å². The van der Waals surface area contributed by atoms with E-state index in [1.165, 1.54) is 0 Å². The summed E-state index contributed by atoms with van der Waals surface area (Å²) in [7, 11) is 0. The van der Waals surface area contributed by atoms with E-state index in [-0.39, 0.29) is 5.91 Å². The Labute approximate surface area is 79.8 Å². The predicted octanol–water partition coefficient (Wildman–Crippen LogP) is 0.773. The first-order valence-corrected chi connectivity index (χ1v) is 4.93. The number of hydrogen-bond donors (Lipinski definition) is 1. The van der Waals surface area contributed by atoms with Gasteiger partial charge in [0.25, 0.3) is 0 Å². The molecule has 3 heteroatoms. The highest BCUT2D eigenvalue weighted by molar-refractivity contribution is 5.87. The van der Waals surface area contributed by atoms with Crippen LogP contribution < -0.4 is 5.32 Å². The predicted molar refractivity (Wildman–Crippen MR) is 53.5 cm³/mol. The van der Waals surface area contributed by atoms with Crippen molar-refractivity contribution in [1.82, 2.24) is 10.2 Å². The van der Waals surface area contributed by atoms with E-state index < -0.39 is 0 Å². The first-order valence-electron chi connectivity index (χ1n) is 4.93. The normalized spacial score (nSPS) is 23.8. The second-order valence-electron chi connectivity index (χ2n) is 3.45. The molecule has 0 aliphatic carbocycles. The standard InChI is InChI=1S/C10H18N2O/c1-3-4-5-10(13)12-7-6-11-9(2)8-12/h4-5,9,11H,3,6-8H2,1-2H3/b5-4+/t9-/m1/s1. The number of amides is 1. The maximum absolute atomic E-state index is 11.5. The van der Waals surface area contributed by atoms with Crippen LogP contribution >= 0.6 is 0 Å². The molecule has 0 spiro atoms. The topological polar surface area (TPSA) is 32.3 Å². The summed E-state index contributed by atoms with van der Waals surface area (Å²) in [5, 5.41) is 3.30. The second kappa shape index (κ2) is 5.02. The van der Waals surface area contributed by atoms with E-state index >= 15 is 0 Å². The number of piperazine rings is 1. The van der Waals surface area contributed by atoms with E-state index in [0.717, 1.165) is 26.1 Å². The summed E-state index contributed by atoms with van der Waals surface area (Å²) in [6, 6.07) is 0.424. The molecule has 3 nitrogen and oxygen atoms in total. The number of nitrogens with one attached hydrogen (secondary N) is 1. The molecule has 0 aromatic rings. The molecule has 0 aromatic heterocycles. The fourth-order valence-electron chi connectivity index (χ4n) is 1.46. The zero-order chi connectivity index (χ0) is 9.68. The average Bonchev–Trinajstić information content (AvgIpc) is 2.14. The number of carbonyl (C=O) groups is 1. The summed E-state index contributed by atoms with van der Waals surface area (Å²) in [6.45, 7) is 6.70. The molecular formula is C10H18N2O. The van der Waals surface area contributed by atoms with Crippen LogP contribution in [0.4, 0.5) is 0 Å². The van der Waals surface area contributed by atoms with Gasteiger partial charge < -0.3 is 10.2 Å². The van der Waals surface area contributed by atoms with Crippen molar-refractivity contribution in [2.24, 2.45) is 0 Å². The number of hydrogen-bond acceptors (Lipinski definition) is 2. The van der Waals surface area contributed by atoms with Gasteiger partial charge in [0.05, 0.1) is 0 Å². The molecule has 0 aromatic carbocycles. The lowest BCUT2D eigenvalue weighted by atomic mass is 10.2. The molecule has 1 amide bonds. The van der Waals surface area contributed by atoms with Crippen molar-refractivity contribution < 1.29 is 4.79 Å². The van der Waals surface area contributed by atoms with Gasteiger partial charge >= 0.3 is 0 Å². The summed E-state index contributed by atoms with van der Waals surface area (Å²) in [5.74, 6) is 0.148. The molecule has 1 aliphatic rings. The zero-order valence-electron chi connectivity index (χ0n) is 8.42. The lowest BCUT2D eigenvalue weighted by Crippen LogP contribution is -2.50. The van der Waals surface area contributed by atoms with Crippen LogP contribution in [0.3, 0.4) is 0 Å². The van der Waals surface area contributed by atoms with Gasteiger partial charge in [0.2, 0.25) is 5.91 Å². The third-order valence-corrected chi connectivity index (χ3v) is 2.18. The van der Waals surface area contributed by atoms with Gasteiger partial charge in [-0.3, -0.25) is 4.79 Å². The van der Waals surface area contributed by atoms with Crippen molar-refractivity contribution in [3.8, 4) is 0 Å². The van der Waals surface area contributed by atoms with Gasteiger partial charge in [0.1, 0.15) is 0 Å². The van der Waals surface area contributed by atoms with Crippen LogP contribution in [-0.2, 0) is 4.79 Å². The Bertz CT molecular complexity index is 201. The van der Waals surface area contributed by atoms with Gasteiger partial charge in [-0.1, -0.05) is 13.0 Å². The van der Waals surface area contributed by atoms with Gasteiger partial charge in [0, 0.05) is 25.7 Å². The number of rotatable bonds is 2. The van der Waals surface area contributed by atoms with Crippen molar-refractivity contribution in [2.45, 2.75) is 26.3 Å². The molecule has 1 atom stereocenters. The molecular weight excluding hydrogens is 164 g/mol. The largest absolute Gasteiger partial charge is 0.336 e. The molecule has 0 bridgehead atoms. The molecule has 0 unspecified atom stereocenters. The van der Waals surface area contributed by atoms with E-state index in [1.807, 2.05) is 17.9 Å². The van der Waals surface area contributed by atoms with Crippen molar-refractivity contribution in [3.63, 3.8) is 0 Å². The van der Waals surface area contributed by atoms with Gasteiger partial charge in [-0.15, -0.1) is 0 Å². The highest BCUT2D eigenvalue weighted by Crippen LogP contribution is 1.99. The second-order valence-corrected chi connectivity index (χ2v) is 3.45. The average molecular weight is 182 g/mol. The van der Waals surface area contributed by atoms with Gasteiger partial charge in [-0.25, -0.2) is 0 Å². The molecule has 1 N–H and O–H groups in total. The van der Waals surface area contributed by atoms with E-state index in [2.05, 4.69) is 12.2 Å². The van der Waals surface area contributed by atoms with Crippen LogP contribution in [0.2, 0.25) is 0 Å². The first kappa shape index (κ1) is 10.3. The summed E-state index contributed by atoms with van der Waals surface area (Å²) < 4.78 is 0. The Morgan fingerprint density at radius 2 is 2.46 bits per heavy atom. The number of allylic oxidation sites excluding steroid dienone is 1.